The van der Waals surface area contributed by atoms with Gasteiger partial charge >= 0.3 is 0 Å². The first-order valence-electron chi connectivity index (χ1n) is 9.19. The molecule has 0 unspecified atom stereocenters. The Hall–Kier alpha value is -2.23. The molecular formula is C20H24N2O5S2. The number of sulfonamides is 1. The van der Waals surface area contributed by atoms with Crippen LogP contribution in [0.3, 0.4) is 0 Å². The molecule has 1 heterocycles. The molecule has 2 N–H and O–H groups in total. The summed E-state index contributed by atoms with van der Waals surface area (Å²) in [5.41, 5.74) is 2.21. The number of aryl methyl sites for hydroxylation is 1. The SMILES string of the molecule is Cc1ccc(C(=O)C2CCN(c3ccc(S(N)(=O)=O)cc3S(C)(=O)=O)CC2)cc1. The van der Waals surface area contributed by atoms with Gasteiger partial charge in [-0.1, -0.05) is 29.8 Å². The highest BCUT2D eigenvalue weighted by Gasteiger charge is 2.28. The predicted octanol–water partition coefficient (Wildman–Crippen LogP) is 2.15. The van der Waals surface area contributed by atoms with E-state index in [4.69, 9.17) is 5.14 Å². The number of hydrogen-bond acceptors (Lipinski definition) is 6. The lowest BCUT2D eigenvalue weighted by Crippen LogP contribution is -2.37. The third-order valence-corrected chi connectivity index (χ3v) is 7.24. The van der Waals surface area contributed by atoms with Gasteiger partial charge < -0.3 is 4.90 Å². The number of nitrogens with two attached hydrogens (primary N) is 1. The van der Waals surface area contributed by atoms with Crippen LogP contribution in [0, 0.1) is 12.8 Å². The Morgan fingerprint density at radius 1 is 1.00 bits per heavy atom. The molecule has 3 rings (SSSR count). The molecule has 7 nitrogen and oxygen atoms in total. The van der Waals surface area contributed by atoms with Crippen LogP contribution in [0.15, 0.2) is 52.3 Å². The summed E-state index contributed by atoms with van der Waals surface area (Å²) >= 11 is 0. The maximum absolute atomic E-state index is 12.7. The van der Waals surface area contributed by atoms with Crippen molar-refractivity contribution in [3.05, 3.63) is 53.6 Å². The van der Waals surface area contributed by atoms with Crippen molar-refractivity contribution in [1.82, 2.24) is 0 Å². The van der Waals surface area contributed by atoms with Gasteiger partial charge in [0.2, 0.25) is 10.0 Å². The molecule has 0 atom stereocenters. The van der Waals surface area contributed by atoms with Crippen LogP contribution >= 0.6 is 0 Å². The fourth-order valence-corrected chi connectivity index (χ4v) is 5.10. The van der Waals surface area contributed by atoms with E-state index in [1.807, 2.05) is 36.1 Å². The molecule has 1 saturated heterocycles. The molecule has 2 aromatic rings. The minimum absolute atomic E-state index is 0.0765. The molecule has 0 aliphatic carbocycles. The molecule has 0 aromatic heterocycles. The Kier molecular flexibility index (Phi) is 5.84. The molecule has 1 fully saturated rings. The Morgan fingerprint density at radius 2 is 1.59 bits per heavy atom. The van der Waals surface area contributed by atoms with E-state index < -0.39 is 19.9 Å². The van der Waals surface area contributed by atoms with Crippen molar-refractivity contribution < 1.29 is 21.6 Å². The van der Waals surface area contributed by atoms with Gasteiger partial charge in [-0.3, -0.25) is 4.79 Å². The van der Waals surface area contributed by atoms with Gasteiger partial charge in [-0.25, -0.2) is 22.0 Å². The summed E-state index contributed by atoms with van der Waals surface area (Å²) in [6.45, 7) is 2.96. The van der Waals surface area contributed by atoms with Crippen LogP contribution in [0.2, 0.25) is 0 Å². The summed E-state index contributed by atoms with van der Waals surface area (Å²) < 4.78 is 47.7. The van der Waals surface area contributed by atoms with Crippen LogP contribution in [0.4, 0.5) is 5.69 Å². The average Bonchev–Trinajstić information content (AvgIpc) is 2.66. The fourth-order valence-electron chi connectivity index (χ4n) is 3.57. The minimum atomic E-state index is -4.01. The monoisotopic (exact) mass is 436 g/mol. The lowest BCUT2D eigenvalue weighted by Gasteiger charge is -2.34. The van der Waals surface area contributed by atoms with Crippen molar-refractivity contribution in [3.8, 4) is 0 Å². The smallest absolute Gasteiger partial charge is 0.238 e. The number of benzene rings is 2. The first kappa shape index (κ1) is 21.5. The number of carbonyl (C=O) groups excluding carboxylic acids is 1. The summed E-state index contributed by atoms with van der Waals surface area (Å²) in [5.74, 6) is -0.0307. The summed E-state index contributed by atoms with van der Waals surface area (Å²) in [5, 5.41) is 5.14. The second-order valence-electron chi connectivity index (χ2n) is 7.44. The van der Waals surface area contributed by atoms with Crippen molar-refractivity contribution in [3.63, 3.8) is 0 Å². The number of sulfone groups is 1. The quantitative estimate of drug-likeness (QED) is 0.718. The standard InChI is InChI=1S/C20H24N2O5S2/c1-14-3-5-15(6-4-14)20(23)16-9-11-22(12-10-16)18-8-7-17(29(21,26)27)13-19(18)28(2,24)25/h3-8,13,16H,9-12H2,1-2H3,(H2,21,26,27). The normalized spacial score (nSPS) is 16.0. The number of nitrogens with zero attached hydrogens (tertiary/aromatic N) is 1. The number of carbonyl (C=O) groups is 1. The molecule has 29 heavy (non-hydrogen) atoms. The zero-order valence-corrected chi connectivity index (χ0v) is 18.0. The summed E-state index contributed by atoms with van der Waals surface area (Å²) in [6.07, 6.45) is 2.21. The third kappa shape index (κ3) is 4.85. The Morgan fingerprint density at radius 3 is 2.10 bits per heavy atom. The molecule has 1 aliphatic rings. The number of Topliss-reactive ketones (excluding diaryl/α,β-unsaturated/α-hetero) is 1. The summed E-state index contributed by atoms with van der Waals surface area (Å²) in [6, 6.07) is 11.4. The van der Waals surface area contributed by atoms with E-state index in [1.165, 1.54) is 12.1 Å². The molecular weight excluding hydrogens is 412 g/mol. The van der Waals surface area contributed by atoms with Gasteiger partial charge in [-0.05, 0) is 38.0 Å². The highest BCUT2D eigenvalue weighted by Crippen LogP contribution is 2.32. The van der Waals surface area contributed by atoms with Crippen LogP contribution in [-0.2, 0) is 19.9 Å². The number of hydrogen-bond donors (Lipinski definition) is 1. The van der Waals surface area contributed by atoms with Crippen molar-refractivity contribution in [1.29, 1.82) is 0 Å². The van der Waals surface area contributed by atoms with E-state index >= 15 is 0 Å². The fraction of sp³-hybridized carbons (Fsp3) is 0.350. The lowest BCUT2D eigenvalue weighted by atomic mass is 9.88. The maximum Gasteiger partial charge on any atom is 0.238 e. The largest absolute Gasteiger partial charge is 0.370 e. The van der Waals surface area contributed by atoms with Gasteiger partial charge in [0.25, 0.3) is 0 Å². The Balaban J connectivity index is 1.82. The van der Waals surface area contributed by atoms with E-state index in [-0.39, 0.29) is 21.5 Å². The highest BCUT2D eigenvalue weighted by molar-refractivity contribution is 7.91. The molecule has 2 aromatic carbocycles. The predicted molar refractivity (Wildman–Crippen MR) is 111 cm³/mol. The van der Waals surface area contributed by atoms with E-state index in [9.17, 15) is 21.6 Å². The van der Waals surface area contributed by atoms with Crippen molar-refractivity contribution >= 4 is 31.3 Å². The zero-order valence-electron chi connectivity index (χ0n) is 16.3. The van der Waals surface area contributed by atoms with Crippen LogP contribution in [0.25, 0.3) is 0 Å². The van der Waals surface area contributed by atoms with E-state index in [1.54, 1.807) is 0 Å². The van der Waals surface area contributed by atoms with Gasteiger partial charge in [0.05, 0.1) is 15.5 Å². The van der Waals surface area contributed by atoms with Gasteiger partial charge in [-0.15, -0.1) is 0 Å². The average molecular weight is 437 g/mol. The summed E-state index contributed by atoms with van der Waals surface area (Å²) in [7, 11) is -7.69. The molecule has 0 saturated carbocycles. The highest BCUT2D eigenvalue weighted by atomic mass is 32.2. The van der Waals surface area contributed by atoms with Crippen LogP contribution < -0.4 is 10.0 Å². The molecule has 0 spiro atoms. The van der Waals surface area contributed by atoms with Crippen molar-refractivity contribution in [2.24, 2.45) is 11.1 Å². The van der Waals surface area contributed by atoms with Crippen molar-refractivity contribution in [2.45, 2.75) is 29.6 Å². The van der Waals surface area contributed by atoms with E-state index in [0.717, 1.165) is 17.9 Å². The zero-order chi connectivity index (χ0) is 21.4. The van der Waals surface area contributed by atoms with Crippen molar-refractivity contribution in [2.75, 3.05) is 24.2 Å². The van der Waals surface area contributed by atoms with Crippen LogP contribution in [0.5, 0.6) is 0 Å². The van der Waals surface area contributed by atoms with Crippen LogP contribution in [-0.4, -0.2) is 42.0 Å². The first-order valence-corrected chi connectivity index (χ1v) is 12.6. The number of ketones is 1. The Bertz CT molecular complexity index is 1130. The van der Waals surface area contributed by atoms with Gasteiger partial charge in [0.1, 0.15) is 0 Å². The molecule has 1 aliphatic heterocycles. The number of anilines is 1. The molecule has 0 radical (unpaired) electrons. The lowest BCUT2D eigenvalue weighted by molar-refractivity contribution is 0.0900. The van der Waals surface area contributed by atoms with Gasteiger partial charge in [0, 0.05) is 30.8 Å². The maximum atomic E-state index is 12.7. The Labute approximate surface area is 171 Å². The van der Waals surface area contributed by atoms with Gasteiger partial charge in [-0.2, -0.15) is 0 Å². The van der Waals surface area contributed by atoms with Gasteiger partial charge in [0.15, 0.2) is 15.6 Å². The first-order chi connectivity index (χ1) is 13.5. The summed E-state index contributed by atoms with van der Waals surface area (Å²) in [4.78, 5) is 14.3. The topological polar surface area (TPSA) is 115 Å². The van der Waals surface area contributed by atoms with E-state index in [2.05, 4.69) is 0 Å². The van der Waals surface area contributed by atoms with E-state index in [0.29, 0.717) is 37.2 Å². The molecule has 0 bridgehead atoms. The number of piperidine rings is 1. The molecule has 156 valence electrons. The number of primary sulfonamides is 1. The third-order valence-electron chi connectivity index (χ3n) is 5.20. The van der Waals surface area contributed by atoms with Crippen LogP contribution in [0.1, 0.15) is 28.8 Å². The molecule has 0 amide bonds. The minimum Gasteiger partial charge on any atom is -0.370 e. The second kappa shape index (κ2) is 7.89. The number of rotatable bonds is 5. The second-order valence-corrected chi connectivity index (χ2v) is 11.0. The molecule has 9 heteroatoms.